The predicted molar refractivity (Wildman–Crippen MR) is 70.3 cm³/mol. The number of hydrogen-bond donors (Lipinski definition) is 1. The fourth-order valence-corrected chi connectivity index (χ4v) is 2.26. The summed E-state index contributed by atoms with van der Waals surface area (Å²) in [4.78, 5) is 24.0. The number of ether oxygens (including phenoxy) is 2. The van der Waals surface area contributed by atoms with E-state index in [-0.39, 0.29) is 0 Å². The van der Waals surface area contributed by atoms with E-state index in [1.165, 1.54) is 18.4 Å². The van der Waals surface area contributed by atoms with Crippen molar-refractivity contribution in [1.82, 2.24) is 0 Å². The summed E-state index contributed by atoms with van der Waals surface area (Å²) in [5, 5.41) is 3.04. The average Bonchev–Trinajstić information content (AvgIpc) is 2.78. The summed E-state index contributed by atoms with van der Waals surface area (Å²) >= 11 is 1.35. The first-order chi connectivity index (χ1) is 8.62. The number of hydrogen-bond acceptors (Lipinski definition) is 5. The third-order valence-corrected chi connectivity index (χ3v) is 3.38. The zero-order valence-corrected chi connectivity index (χ0v) is 11.6. The first-order valence-electron chi connectivity index (χ1n) is 5.77. The second-order valence-corrected chi connectivity index (χ2v) is 4.70. The van der Waals surface area contributed by atoms with Gasteiger partial charge in [-0.1, -0.05) is 13.8 Å². The minimum Gasteiger partial charge on any atom is -0.465 e. The van der Waals surface area contributed by atoms with Crippen molar-refractivity contribution >= 4 is 28.4 Å². The number of carbonyl (C=O) groups excluding carboxylic acids is 2. The molecule has 0 saturated carbocycles. The molecule has 6 heteroatoms. The van der Waals surface area contributed by atoms with Crippen LogP contribution < -0.4 is 5.32 Å². The van der Waals surface area contributed by atoms with Gasteiger partial charge < -0.3 is 9.47 Å². The molecule has 0 atom stereocenters. The number of thiophene rings is 1. The minimum atomic E-state index is -0.550. The first kappa shape index (κ1) is 14.5. The molecule has 0 spiro atoms. The molecule has 0 aliphatic carbocycles. The number of anilines is 1. The van der Waals surface area contributed by atoms with Crippen LogP contribution in [0.4, 0.5) is 9.80 Å². The lowest BCUT2D eigenvalue weighted by molar-refractivity contribution is 0.0602. The Hall–Kier alpha value is -1.56. The van der Waals surface area contributed by atoms with Crippen LogP contribution in [-0.2, 0) is 15.9 Å². The summed E-state index contributed by atoms with van der Waals surface area (Å²) in [6.45, 7) is 4.24. The smallest absolute Gasteiger partial charge is 0.412 e. The lowest BCUT2D eigenvalue weighted by atomic mass is 10.2. The standard InChI is InChI=1S/C12H17NO4S/c1-4-6-17-12(15)13-10-9(11(14)16-3)7-8(5-2)18-10/h7H,4-6H2,1-3H3,(H,13,15). The van der Waals surface area contributed by atoms with Crippen LogP contribution in [0.3, 0.4) is 0 Å². The zero-order valence-electron chi connectivity index (χ0n) is 10.7. The Morgan fingerprint density at radius 3 is 2.67 bits per heavy atom. The molecule has 0 aromatic carbocycles. The van der Waals surface area contributed by atoms with Gasteiger partial charge in [0.15, 0.2) is 0 Å². The molecule has 0 radical (unpaired) electrons. The molecule has 0 fully saturated rings. The average molecular weight is 271 g/mol. The predicted octanol–water partition coefficient (Wildman–Crippen LogP) is 3.06. The quantitative estimate of drug-likeness (QED) is 0.836. The van der Waals surface area contributed by atoms with Crippen LogP contribution >= 0.6 is 11.3 Å². The molecule has 1 N–H and O–H groups in total. The van der Waals surface area contributed by atoms with Crippen LogP contribution in [0.2, 0.25) is 0 Å². The van der Waals surface area contributed by atoms with E-state index in [1.54, 1.807) is 6.07 Å². The molecule has 0 bridgehead atoms. The topological polar surface area (TPSA) is 64.6 Å². The van der Waals surface area contributed by atoms with Gasteiger partial charge in [0.05, 0.1) is 19.3 Å². The molecular formula is C12H17NO4S. The molecular weight excluding hydrogens is 254 g/mol. The van der Waals surface area contributed by atoms with Gasteiger partial charge in [-0.3, -0.25) is 5.32 Å². The van der Waals surface area contributed by atoms with E-state index in [0.29, 0.717) is 17.2 Å². The van der Waals surface area contributed by atoms with Crippen molar-refractivity contribution in [3.63, 3.8) is 0 Å². The van der Waals surface area contributed by atoms with Gasteiger partial charge in [-0.25, -0.2) is 9.59 Å². The zero-order chi connectivity index (χ0) is 13.5. The monoisotopic (exact) mass is 271 g/mol. The Morgan fingerprint density at radius 1 is 1.39 bits per heavy atom. The Bertz CT molecular complexity index is 428. The second-order valence-electron chi connectivity index (χ2n) is 3.56. The molecule has 0 unspecified atom stereocenters. The van der Waals surface area contributed by atoms with E-state index >= 15 is 0 Å². The number of esters is 1. The number of rotatable bonds is 5. The number of amides is 1. The van der Waals surface area contributed by atoms with Crippen molar-refractivity contribution in [2.75, 3.05) is 19.0 Å². The minimum absolute atomic E-state index is 0.353. The van der Waals surface area contributed by atoms with Gasteiger partial charge in [0, 0.05) is 4.88 Å². The molecule has 1 amide bonds. The second kappa shape index (κ2) is 7.00. The molecule has 0 aliphatic rings. The fourth-order valence-electron chi connectivity index (χ4n) is 1.29. The SMILES string of the molecule is CCCOC(=O)Nc1sc(CC)cc1C(=O)OC. The summed E-state index contributed by atoms with van der Waals surface area (Å²) in [6.07, 6.45) is 0.994. The molecule has 0 aliphatic heterocycles. The molecule has 0 saturated heterocycles. The molecule has 5 nitrogen and oxygen atoms in total. The fraction of sp³-hybridized carbons (Fsp3) is 0.500. The molecule has 1 aromatic heterocycles. The normalized spacial score (nSPS) is 9.94. The lowest BCUT2D eigenvalue weighted by Crippen LogP contribution is -2.15. The van der Waals surface area contributed by atoms with Crippen molar-refractivity contribution < 1.29 is 19.1 Å². The summed E-state index contributed by atoms with van der Waals surface area (Å²) in [5.41, 5.74) is 0.368. The van der Waals surface area contributed by atoms with Crippen LogP contribution in [0.1, 0.15) is 35.5 Å². The van der Waals surface area contributed by atoms with E-state index in [4.69, 9.17) is 4.74 Å². The molecule has 1 heterocycles. The highest BCUT2D eigenvalue weighted by Crippen LogP contribution is 2.29. The third-order valence-electron chi connectivity index (χ3n) is 2.19. The number of carbonyl (C=O) groups is 2. The highest BCUT2D eigenvalue weighted by atomic mass is 32.1. The van der Waals surface area contributed by atoms with Gasteiger partial charge in [0.1, 0.15) is 5.00 Å². The maximum Gasteiger partial charge on any atom is 0.412 e. The molecule has 100 valence electrons. The van der Waals surface area contributed by atoms with Gasteiger partial charge in [-0.05, 0) is 18.9 Å². The van der Waals surface area contributed by atoms with Crippen molar-refractivity contribution in [2.45, 2.75) is 26.7 Å². The van der Waals surface area contributed by atoms with Crippen LogP contribution in [0, 0.1) is 0 Å². The Balaban J connectivity index is 2.82. The Labute approximate surface area is 110 Å². The van der Waals surface area contributed by atoms with Crippen LogP contribution in [0.5, 0.6) is 0 Å². The lowest BCUT2D eigenvalue weighted by Gasteiger charge is -2.05. The van der Waals surface area contributed by atoms with Gasteiger partial charge in [0.25, 0.3) is 0 Å². The first-order valence-corrected chi connectivity index (χ1v) is 6.58. The number of methoxy groups -OCH3 is 1. The van der Waals surface area contributed by atoms with Crippen molar-refractivity contribution in [3.8, 4) is 0 Å². The highest BCUT2D eigenvalue weighted by Gasteiger charge is 2.18. The van der Waals surface area contributed by atoms with Crippen LogP contribution in [0.15, 0.2) is 6.07 Å². The summed E-state index contributed by atoms with van der Waals surface area (Å²) in [7, 11) is 1.31. The maximum absolute atomic E-state index is 11.6. The van der Waals surface area contributed by atoms with E-state index < -0.39 is 12.1 Å². The third kappa shape index (κ3) is 3.73. The van der Waals surface area contributed by atoms with Crippen molar-refractivity contribution in [2.24, 2.45) is 0 Å². The van der Waals surface area contributed by atoms with E-state index in [2.05, 4.69) is 10.1 Å². The van der Waals surface area contributed by atoms with Crippen molar-refractivity contribution in [1.29, 1.82) is 0 Å². The van der Waals surface area contributed by atoms with Gasteiger partial charge in [0.2, 0.25) is 0 Å². The summed E-state index contributed by atoms with van der Waals surface area (Å²) in [6, 6.07) is 1.73. The van der Waals surface area contributed by atoms with Gasteiger partial charge in [-0.2, -0.15) is 0 Å². The maximum atomic E-state index is 11.6. The summed E-state index contributed by atoms with van der Waals surface area (Å²) < 4.78 is 9.58. The Kier molecular flexibility index (Phi) is 5.64. The largest absolute Gasteiger partial charge is 0.465 e. The van der Waals surface area contributed by atoms with Gasteiger partial charge >= 0.3 is 12.1 Å². The van der Waals surface area contributed by atoms with E-state index in [0.717, 1.165) is 17.7 Å². The van der Waals surface area contributed by atoms with Crippen LogP contribution in [0.25, 0.3) is 0 Å². The molecule has 1 rings (SSSR count). The molecule has 18 heavy (non-hydrogen) atoms. The summed E-state index contributed by atoms with van der Waals surface area (Å²) in [5.74, 6) is -0.461. The van der Waals surface area contributed by atoms with Crippen molar-refractivity contribution in [3.05, 3.63) is 16.5 Å². The highest BCUT2D eigenvalue weighted by molar-refractivity contribution is 7.16. The number of aryl methyl sites for hydroxylation is 1. The van der Waals surface area contributed by atoms with Crippen LogP contribution in [-0.4, -0.2) is 25.8 Å². The van der Waals surface area contributed by atoms with E-state index in [9.17, 15) is 9.59 Å². The number of nitrogens with one attached hydrogen (secondary N) is 1. The molecule has 1 aromatic rings. The van der Waals surface area contributed by atoms with Gasteiger partial charge in [-0.15, -0.1) is 11.3 Å². The Morgan fingerprint density at radius 2 is 2.11 bits per heavy atom. The van der Waals surface area contributed by atoms with E-state index in [1.807, 2.05) is 13.8 Å².